The minimum absolute atomic E-state index is 0. The van der Waals surface area contributed by atoms with Gasteiger partial charge in [-0.25, -0.2) is 0 Å². The Morgan fingerprint density at radius 1 is 1.30 bits per heavy atom. The lowest BCUT2D eigenvalue weighted by atomic mass is 10.1. The van der Waals surface area contributed by atoms with Crippen molar-refractivity contribution in [3.8, 4) is 0 Å². The highest BCUT2D eigenvalue weighted by molar-refractivity contribution is 6.31. The molecule has 2 atom stereocenters. The summed E-state index contributed by atoms with van der Waals surface area (Å²) in [6.07, 6.45) is 4.78. The maximum Gasteiger partial charge on any atom is 0.0737 e. The molecule has 0 radical (unpaired) electrons. The van der Waals surface area contributed by atoms with E-state index in [0.29, 0.717) is 10.9 Å². The van der Waals surface area contributed by atoms with E-state index in [1.54, 1.807) is 6.20 Å². The first-order chi connectivity index (χ1) is 9.24. The van der Waals surface area contributed by atoms with E-state index in [-0.39, 0.29) is 18.5 Å². The van der Waals surface area contributed by atoms with Crippen LogP contribution < -0.4 is 5.32 Å². The maximum atomic E-state index is 9.85. The normalized spacial score (nSPS) is 21.7. The molecular formula is C15H18Cl2N2O. The molecule has 108 valence electrons. The smallest absolute Gasteiger partial charge is 0.0737 e. The van der Waals surface area contributed by atoms with Crippen molar-refractivity contribution in [3.63, 3.8) is 0 Å². The van der Waals surface area contributed by atoms with Gasteiger partial charge < -0.3 is 10.4 Å². The summed E-state index contributed by atoms with van der Waals surface area (Å²) in [6, 6.07) is 7.70. The van der Waals surface area contributed by atoms with E-state index in [0.717, 1.165) is 42.4 Å². The van der Waals surface area contributed by atoms with Gasteiger partial charge in [0.05, 0.1) is 11.6 Å². The van der Waals surface area contributed by atoms with Crippen LogP contribution in [0.3, 0.4) is 0 Å². The zero-order chi connectivity index (χ0) is 13.2. The molecule has 3 rings (SSSR count). The summed E-state index contributed by atoms with van der Waals surface area (Å²) in [5, 5.41) is 15.0. The maximum absolute atomic E-state index is 9.85. The number of aliphatic hydroxyl groups is 1. The molecule has 0 aliphatic heterocycles. The summed E-state index contributed by atoms with van der Waals surface area (Å²) in [5.41, 5.74) is 1.95. The predicted molar refractivity (Wildman–Crippen MR) is 85.8 cm³/mol. The molecule has 2 N–H and O–H groups in total. The van der Waals surface area contributed by atoms with Gasteiger partial charge in [0.2, 0.25) is 0 Å². The molecule has 1 heterocycles. The van der Waals surface area contributed by atoms with Crippen LogP contribution >= 0.6 is 24.0 Å². The number of anilines is 1. The molecule has 1 saturated carbocycles. The summed E-state index contributed by atoms with van der Waals surface area (Å²) >= 11 is 5.98. The van der Waals surface area contributed by atoms with Crippen LogP contribution in [0.25, 0.3) is 10.9 Å². The average molecular weight is 313 g/mol. The van der Waals surface area contributed by atoms with Crippen molar-refractivity contribution in [1.82, 2.24) is 4.98 Å². The Hall–Kier alpha value is -1.03. The first-order valence-electron chi connectivity index (χ1n) is 6.70. The number of pyridine rings is 1. The SMILES string of the molecule is Cl.O[C@H]1CCC[C@@H]1CNc1ccnc2cc(Cl)ccc12. The van der Waals surface area contributed by atoms with Crippen molar-refractivity contribution in [1.29, 1.82) is 0 Å². The summed E-state index contributed by atoms with van der Waals surface area (Å²) in [7, 11) is 0. The van der Waals surface area contributed by atoms with E-state index in [1.165, 1.54) is 0 Å². The fourth-order valence-electron chi connectivity index (χ4n) is 2.77. The molecule has 1 aromatic carbocycles. The number of fused-ring (bicyclic) bond motifs is 1. The topological polar surface area (TPSA) is 45.1 Å². The molecule has 3 nitrogen and oxygen atoms in total. The summed E-state index contributed by atoms with van der Waals surface area (Å²) < 4.78 is 0. The number of aromatic nitrogens is 1. The van der Waals surface area contributed by atoms with Crippen LogP contribution in [-0.2, 0) is 0 Å². The van der Waals surface area contributed by atoms with Crippen LogP contribution in [0, 0.1) is 5.92 Å². The first-order valence-corrected chi connectivity index (χ1v) is 7.08. The highest BCUT2D eigenvalue weighted by atomic mass is 35.5. The number of nitrogens with zero attached hydrogens (tertiary/aromatic N) is 1. The molecule has 2 aromatic rings. The minimum atomic E-state index is -0.157. The highest BCUT2D eigenvalue weighted by Gasteiger charge is 2.24. The summed E-state index contributed by atoms with van der Waals surface area (Å²) in [5.74, 6) is 0.357. The largest absolute Gasteiger partial charge is 0.393 e. The van der Waals surface area contributed by atoms with E-state index in [2.05, 4.69) is 10.3 Å². The van der Waals surface area contributed by atoms with Crippen LogP contribution in [-0.4, -0.2) is 22.7 Å². The summed E-state index contributed by atoms with van der Waals surface area (Å²) in [6.45, 7) is 0.808. The molecule has 1 fully saturated rings. The van der Waals surface area contributed by atoms with E-state index < -0.39 is 0 Å². The molecule has 0 spiro atoms. The molecular weight excluding hydrogens is 295 g/mol. The van der Waals surface area contributed by atoms with Crippen molar-refractivity contribution in [2.45, 2.75) is 25.4 Å². The lowest BCUT2D eigenvalue weighted by molar-refractivity contribution is 0.138. The van der Waals surface area contributed by atoms with Gasteiger partial charge in [-0.15, -0.1) is 12.4 Å². The quantitative estimate of drug-likeness (QED) is 0.904. The van der Waals surface area contributed by atoms with Crippen molar-refractivity contribution < 1.29 is 5.11 Å². The molecule has 1 aliphatic rings. The third-order valence-electron chi connectivity index (χ3n) is 3.88. The van der Waals surface area contributed by atoms with Crippen molar-refractivity contribution >= 4 is 40.6 Å². The Morgan fingerprint density at radius 3 is 2.90 bits per heavy atom. The molecule has 1 aromatic heterocycles. The number of benzene rings is 1. The van der Waals surface area contributed by atoms with Gasteiger partial charge >= 0.3 is 0 Å². The number of hydrogen-bond donors (Lipinski definition) is 2. The Balaban J connectivity index is 0.00000147. The fourth-order valence-corrected chi connectivity index (χ4v) is 2.94. The van der Waals surface area contributed by atoms with Crippen LogP contribution in [0.5, 0.6) is 0 Å². The van der Waals surface area contributed by atoms with E-state index in [1.807, 2.05) is 24.3 Å². The molecule has 1 aliphatic carbocycles. The van der Waals surface area contributed by atoms with Gasteiger partial charge in [0, 0.05) is 34.8 Å². The number of nitrogens with one attached hydrogen (secondary N) is 1. The Morgan fingerprint density at radius 2 is 2.15 bits per heavy atom. The van der Waals surface area contributed by atoms with Gasteiger partial charge in [0.25, 0.3) is 0 Å². The Kier molecular flexibility index (Phi) is 5.08. The monoisotopic (exact) mass is 312 g/mol. The van der Waals surface area contributed by atoms with Gasteiger partial charge in [-0.1, -0.05) is 18.0 Å². The fraction of sp³-hybridized carbons (Fsp3) is 0.400. The second-order valence-corrected chi connectivity index (χ2v) is 5.60. The molecule has 0 bridgehead atoms. The molecule has 20 heavy (non-hydrogen) atoms. The van der Waals surface area contributed by atoms with Gasteiger partial charge in [0.1, 0.15) is 0 Å². The first kappa shape index (κ1) is 15.4. The van der Waals surface area contributed by atoms with E-state index in [9.17, 15) is 5.11 Å². The van der Waals surface area contributed by atoms with Crippen molar-refractivity contribution in [3.05, 3.63) is 35.5 Å². The second-order valence-electron chi connectivity index (χ2n) is 5.16. The third-order valence-corrected chi connectivity index (χ3v) is 4.11. The van der Waals surface area contributed by atoms with Gasteiger partial charge in [-0.3, -0.25) is 4.98 Å². The second kappa shape index (κ2) is 6.61. The molecule has 0 unspecified atom stereocenters. The van der Waals surface area contributed by atoms with Crippen molar-refractivity contribution in [2.75, 3.05) is 11.9 Å². The van der Waals surface area contributed by atoms with E-state index >= 15 is 0 Å². The number of halogens is 2. The standard InChI is InChI=1S/C15H17ClN2O.ClH/c16-11-4-5-12-13(6-7-17-14(12)8-11)18-9-10-2-1-3-15(10)19;/h4-8,10,15,19H,1-3,9H2,(H,17,18);1H/t10-,15+;/m1./s1. The number of hydrogen-bond acceptors (Lipinski definition) is 3. The minimum Gasteiger partial charge on any atom is -0.393 e. The van der Waals surface area contributed by atoms with Crippen LogP contribution in [0.2, 0.25) is 5.02 Å². The third kappa shape index (κ3) is 3.17. The average Bonchev–Trinajstić information content (AvgIpc) is 2.81. The van der Waals surface area contributed by atoms with Crippen LogP contribution in [0.4, 0.5) is 5.69 Å². The summed E-state index contributed by atoms with van der Waals surface area (Å²) in [4.78, 5) is 4.32. The Bertz CT molecular complexity index is 591. The molecule has 0 saturated heterocycles. The zero-order valence-corrected chi connectivity index (χ0v) is 12.6. The zero-order valence-electron chi connectivity index (χ0n) is 11.1. The van der Waals surface area contributed by atoms with Crippen molar-refractivity contribution in [2.24, 2.45) is 5.92 Å². The van der Waals surface area contributed by atoms with Crippen LogP contribution in [0.1, 0.15) is 19.3 Å². The predicted octanol–water partition coefficient (Wildman–Crippen LogP) is 3.88. The van der Waals surface area contributed by atoms with Crippen LogP contribution in [0.15, 0.2) is 30.5 Å². The number of rotatable bonds is 3. The van der Waals surface area contributed by atoms with Gasteiger partial charge in [-0.05, 0) is 37.1 Å². The van der Waals surface area contributed by atoms with Gasteiger partial charge in [-0.2, -0.15) is 0 Å². The van der Waals surface area contributed by atoms with E-state index in [4.69, 9.17) is 11.6 Å². The molecule has 0 amide bonds. The number of aliphatic hydroxyl groups excluding tert-OH is 1. The Labute approximate surface area is 129 Å². The van der Waals surface area contributed by atoms with Gasteiger partial charge in [0.15, 0.2) is 0 Å². The lowest BCUT2D eigenvalue weighted by Gasteiger charge is -2.17. The molecule has 5 heteroatoms. The highest BCUT2D eigenvalue weighted by Crippen LogP contribution is 2.28. The lowest BCUT2D eigenvalue weighted by Crippen LogP contribution is -2.21.